The van der Waals surface area contributed by atoms with Gasteiger partial charge < -0.3 is 29.9 Å². The van der Waals surface area contributed by atoms with Gasteiger partial charge in [-0.2, -0.15) is 28.4 Å². The van der Waals surface area contributed by atoms with Gasteiger partial charge in [-0.05, 0) is 77.9 Å². The number of nitrogens with two attached hydrogens (primary N) is 1. The molecule has 3 aromatic rings. The molecule has 47 heavy (non-hydrogen) atoms. The summed E-state index contributed by atoms with van der Waals surface area (Å²) in [7, 11) is 2.01. The highest BCUT2D eigenvalue weighted by Gasteiger charge is 2.38. The first-order valence-corrected chi connectivity index (χ1v) is 15.7. The molecule has 0 radical (unpaired) electrons. The first-order valence-electron chi connectivity index (χ1n) is 15.4. The number of fused-ring (bicyclic) bond motifs is 1. The molecule has 4 heterocycles. The minimum Gasteiger partial charge on any atom is -0.462 e. The normalized spacial score (nSPS) is 19.2. The van der Waals surface area contributed by atoms with Gasteiger partial charge in [0.1, 0.15) is 23.8 Å². The van der Waals surface area contributed by atoms with Crippen LogP contribution < -0.4 is 15.4 Å². The van der Waals surface area contributed by atoms with Crippen LogP contribution in [0.15, 0.2) is 18.2 Å². The zero-order valence-electron chi connectivity index (χ0n) is 27.0. The van der Waals surface area contributed by atoms with Crippen molar-refractivity contribution in [2.45, 2.75) is 70.8 Å². The van der Waals surface area contributed by atoms with Gasteiger partial charge in [-0.15, -0.1) is 0 Å². The Balaban J connectivity index is 1.60. The summed E-state index contributed by atoms with van der Waals surface area (Å²) < 4.78 is 54.5. The van der Waals surface area contributed by atoms with Crippen molar-refractivity contribution in [3.8, 4) is 23.3 Å². The molecular weight excluding hydrogens is 637 g/mol. The minimum atomic E-state index is -4.72. The Hall–Kier alpha value is -4.09. The number of amides is 1. The van der Waals surface area contributed by atoms with Gasteiger partial charge in [0, 0.05) is 36.6 Å². The fourth-order valence-electron chi connectivity index (χ4n) is 6.10. The van der Waals surface area contributed by atoms with Crippen LogP contribution in [0.1, 0.15) is 51.2 Å². The van der Waals surface area contributed by atoms with Crippen LogP contribution in [0, 0.1) is 18.3 Å². The van der Waals surface area contributed by atoms with E-state index in [2.05, 4.69) is 20.9 Å². The molecule has 5 rings (SSSR count). The topological polar surface area (TPSA) is 134 Å². The van der Waals surface area contributed by atoms with Crippen molar-refractivity contribution in [1.82, 2.24) is 24.8 Å². The summed E-state index contributed by atoms with van der Waals surface area (Å²) in [5, 5.41) is 10.1. The monoisotopic (exact) mass is 674 g/mol. The average molecular weight is 675 g/mol. The smallest absolute Gasteiger partial charge is 0.418 e. The number of ether oxygens (including phenoxy) is 2. The van der Waals surface area contributed by atoms with Gasteiger partial charge >= 0.3 is 18.3 Å². The van der Waals surface area contributed by atoms with E-state index in [1.165, 1.54) is 25.1 Å². The molecule has 1 amide bonds. The lowest BCUT2D eigenvalue weighted by Crippen LogP contribution is -2.56. The number of anilines is 2. The predicted octanol–water partition coefficient (Wildman–Crippen LogP) is 6.07. The van der Waals surface area contributed by atoms with E-state index < -0.39 is 35.2 Å². The lowest BCUT2D eigenvalue weighted by molar-refractivity contribution is -0.137. The van der Waals surface area contributed by atoms with Crippen LogP contribution in [0.5, 0.6) is 6.01 Å². The molecule has 0 bridgehead atoms. The Labute approximate surface area is 276 Å². The lowest BCUT2D eigenvalue weighted by Gasteiger charge is -2.41. The van der Waals surface area contributed by atoms with Crippen LogP contribution in [0.2, 0.25) is 5.02 Å². The molecule has 11 nitrogen and oxygen atoms in total. The van der Waals surface area contributed by atoms with Crippen molar-refractivity contribution in [2.75, 3.05) is 50.5 Å². The van der Waals surface area contributed by atoms with Gasteiger partial charge in [0.05, 0.1) is 40.3 Å². The number of hydrogen-bond acceptors (Lipinski definition) is 10. The van der Waals surface area contributed by atoms with Crippen molar-refractivity contribution in [2.24, 2.45) is 0 Å². The summed E-state index contributed by atoms with van der Waals surface area (Å²) in [6.07, 6.45) is -3.22. The van der Waals surface area contributed by atoms with Crippen LogP contribution in [0.4, 0.5) is 29.6 Å². The Bertz CT molecular complexity index is 1710. The number of halogens is 4. The van der Waals surface area contributed by atoms with E-state index >= 15 is 0 Å². The third kappa shape index (κ3) is 7.57. The molecule has 2 saturated heterocycles. The van der Waals surface area contributed by atoms with Gasteiger partial charge in [-0.1, -0.05) is 11.6 Å². The third-order valence-electron chi connectivity index (χ3n) is 8.33. The zero-order valence-corrected chi connectivity index (χ0v) is 27.7. The second-order valence-corrected chi connectivity index (χ2v) is 13.4. The van der Waals surface area contributed by atoms with Crippen molar-refractivity contribution in [1.29, 1.82) is 5.26 Å². The number of alkyl halides is 3. The molecule has 0 aliphatic carbocycles. The first kappa shape index (κ1) is 34.3. The molecule has 15 heteroatoms. The number of piperazine rings is 1. The standard InChI is InChI=1S/C32H38ClF3N8O3/c1-18-13-25(38)40-27(26(18)32(34,35)36)21-15-24-22(14-23(21)33)28(41-29(39-24)46-17-20-7-6-10-42(20)5)43-11-12-44(19(16-43)8-9-37)30(45)47-31(2,3)4/h13-15,19-20H,6-8,10-12,16-17H2,1-5H3,(H2,38,40)/t19?,20-/m0/s1. The number of carbonyl (C=O) groups excluding carboxylic acids is 1. The van der Waals surface area contributed by atoms with Gasteiger partial charge in [0.25, 0.3) is 0 Å². The fraction of sp³-hybridized carbons (Fsp3) is 0.531. The maximum atomic E-state index is 14.3. The van der Waals surface area contributed by atoms with Crippen molar-refractivity contribution >= 4 is 40.2 Å². The molecular formula is C32H38ClF3N8O3. The fourth-order valence-corrected chi connectivity index (χ4v) is 6.35. The number of rotatable bonds is 6. The van der Waals surface area contributed by atoms with E-state index in [0.29, 0.717) is 24.4 Å². The number of nitriles is 1. The summed E-state index contributed by atoms with van der Waals surface area (Å²) in [5.41, 5.74) is 4.03. The molecule has 2 aromatic heterocycles. The van der Waals surface area contributed by atoms with Crippen molar-refractivity contribution in [3.05, 3.63) is 34.3 Å². The number of nitrogen functional groups attached to an aromatic ring is 1. The summed E-state index contributed by atoms with van der Waals surface area (Å²) in [5.74, 6) is 0.332. The maximum absolute atomic E-state index is 14.3. The quantitative estimate of drug-likeness (QED) is 0.329. The Morgan fingerprint density at radius 2 is 1.87 bits per heavy atom. The van der Waals surface area contributed by atoms with E-state index in [-0.39, 0.29) is 59.0 Å². The minimum absolute atomic E-state index is 0.00474. The Morgan fingerprint density at radius 3 is 2.51 bits per heavy atom. The molecule has 1 aromatic carbocycles. The second kappa shape index (κ2) is 13.2. The van der Waals surface area contributed by atoms with Crippen LogP contribution in [0.25, 0.3) is 22.2 Å². The number of aromatic nitrogens is 3. The summed E-state index contributed by atoms with van der Waals surface area (Å²) in [4.78, 5) is 32.1. The number of carbonyl (C=O) groups is 1. The Morgan fingerprint density at radius 1 is 1.13 bits per heavy atom. The number of pyridine rings is 1. The van der Waals surface area contributed by atoms with E-state index in [4.69, 9.17) is 31.8 Å². The highest BCUT2D eigenvalue weighted by atomic mass is 35.5. The predicted molar refractivity (Wildman–Crippen MR) is 172 cm³/mol. The number of benzene rings is 1. The molecule has 2 fully saturated rings. The van der Waals surface area contributed by atoms with E-state index in [1.807, 2.05) is 11.9 Å². The van der Waals surface area contributed by atoms with Gasteiger partial charge in [-0.25, -0.2) is 9.78 Å². The number of nitrogens with zero attached hydrogens (tertiary/aromatic N) is 7. The number of aryl methyl sites for hydroxylation is 1. The maximum Gasteiger partial charge on any atom is 0.418 e. The number of likely N-dealkylation sites (N-methyl/N-ethyl adjacent to an activating group) is 1. The summed E-state index contributed by atoms with van der Waals surface area (Å²) in [6, 6.07) is 5.95. The van der Waals surface area contributed by atoms with E-state index in [0.717, 1.165) is 19.4 Å². The molecule has 2 N–H and O–H groups in total. The first-order chi connectivity index (χ1) is 22.1. The van der Waals surface area contributed by atoms with Gasteiger partial charge in [-0.3, -0.25) is 0 Å². The number of hydrogen-bond donors (Lipinski definition) is 1. The SMILES string of the molecule is Cc1cc(N)nc(-c2cc3nc(OC[C@@H]4CCCN4C)nc(N4CCN(C(=O)OC(C)(C)C)C(CC#N)C4)c3cc2Cl)c1C(F)(F)F. The van der Waals surface area contributed by atoms with Crippen LogP contribution in [-0.4, -0.2) is 88.4 Å². The number of likely N-dealkylation sites (tertiary alicyclic amines) is 1. The highest BCUT2D eigenvalue weighted by molar-refractivity contribution is 6.34. The van der Waals surface area contributed by atoms with Crippen molar-refractivity contribution < 1.29 is 27.4 Å². The molecule has 0 saturated carbocycles. The average Bonchev–Trinajstić information content (AvgIpc) is 3.37. The van der Waals surface area contributed by atoms with E-state index in [9.17, 15) is 23.2 Å². The lowest BCUT2D eigenvalue weighted by atomic mass is 9.99. The van der Waals surface area contributed by atoms with Crippen LogP contribution >= 0.6 is 11.6 Å². The van der Waals surface area contributed by atoms with E-state index in [1.54, 1.807) is 25.7 Å². The van der Waals surface area contributed by atoms with Crippen LogP contribution in [-0.2, 0) is 10.9 Å². The van der Waals surface area contributed by atoms with Gasteiger partial charge in [0.2, 0.25) is 0 Å². The van der Waals surface area contributed by atoms with Crippen molar-refractivity contribution in [3.63, 3.8) is 0 Å². The molecule has 2 aliphatic heterocycles. The third-order valence-corrected chi connectivity index (χ3v) is 8.65. The molecule has 1 unspecified atom stereocenters. The largest absolute Gasteiger partial charge is 0.462 e. The van der Waals surface area contributed by atoms with Crippen LogP contribution in [0.3, 0.4) is 0 Å². The molecule has 2 aliphatic rings. The zero-order chi connectivity index (χ0) is 34.3. The summed E-state index contributed by atoms with van der Waals surface area (Å²) >= 11 is 6.71. The van der Waals surface area contributed by atoms with Gasteiger partial charge in [0.15, 0.2) is 0 Å². The molecule has 0 spiro atoms. The Kier molecular flexibility index (Phi) is 9.62. The molecule has 252 valence electrons. The molecule has 2 atom stereocenters. The second-order valence-electron chi connectivity index (χ2n) is 13.0. The highest BCUT2D eigenvalue weighted by Crippen LogP contribution is 2.43. The summed E-state index contributed by atoms with van der Waals surface area (Å²) in [6.45, 7) is 8.69.